The molecule has 3 aromatic carbocycles. The van der Waals surface area contributed by atoms with Gasteiger partial charge in [0.25, 0.3) is 0 Å². The van der Waals surface area contributed by atoms with E-state index >= 15 is 0 Å². The van der Waals surface area contributed by atoms with Crippen molar-refractivity contribution in [2.75, 3.05) is 31.4 Å². The van der Waals surface area contributed by atoms with Crippen molar-refractivity contribution in [2.45, 2.75) is 18.1 Å². The third kappa shape index (κ3) is 5.63. The molecule has 0 unspecified atom stereocenters. The second kappa shape index (κ2) is 11.2. The third-order valence-corrected chi connectivity index (χ3v) is 6.66. The summed E-state index contributed by atoms with van der Waals surface area (Å²) in [6, 6.07) is 23.4. The average molecular weight is 503 g/mol. The summed E-state index contributed by atoms with van der Waals surface area (Å²) in [5.41, 5.74) is 2.82. The van der Waals surface area contributed by atoms with E-state index < -0.39 is 0 Å². The molecule has 0 fully saturated rings. The maximum Gasteiger partial charge on any atom is 0.234 e. The summed E-state index contributed by atoms with van der Waals surface area (Å²) >= 11 is 1.36. The molecule has 0 aliphatic carbocycles. The fraction of sp³-hybridized carbons (Fsp3) is 0.222. The van der Waals surface area contributed by atoms with Crippen LogP contribution in [0.15, 0.2) is 78.0 Å². The van der Waals surface area contributed by atoms with Crippen LogP contribution < -0.4 is 19.5 Å². The molecule has 9 heteroatoms. The number of ether oxygens (including phenoxy) is 3. The summed E-state index contributed by atoms with van der Waals surface area (Å²) in [5.74, 6) is 2.91. The number of carbonyl (C=O) groups is 1. The topological polar surface area (TPSA) is 87.5 Å². The molecule has 0 bridgehead atoms. The van der Waals surface area contributed by atoms with E-state index in [0.29, 0.717) is 42.1 Å². The zero-order chi connectivity index (χ0) is 24.7. The van der Waals surface area contributed by atoms with Crippen molar-refractivity contribution in [3.05, 3.63) is 78.4 Å². The van der Waals surface area contributed by atoms with Gasteiger partial charge in [-0.15, -0.1) is 10.2 Å². The smallest absolute Gasteiger partial charge is 0.234 e. The highest BCUT2D eigenvalue weighted by atomic mass is 32.2. The Morgan fingerprint density at radius 3 is 2.56 bits per heavy atom. The van der Waals surface area contributed by atoms with E-state index in [-0.39, 0.29) is 11.7 Å². The highest BCUT2D eigenvalue weighted by Gasteiger charge is 2.17. The number of carbonyl (C=O) groups excluding carboxylic acids is 1. The van der Waals surface area contributed by atoms with Gasteiger partial charge in [-0.1, -0.05) is 42.1 Å². The highest BCUT2D eigenvalue weighted by Crippen LogP contribution is 2.33. The molecule has 0 radical (unpaired) electrons. The first-order chi connectivity index (χ1) is 17.7. The molecular weight excluding hydrogens is 476 g/mol. The van der Waals surface area contributed by atoms with Crippen molar-refractivity contribution in [1.82, 2.24) is 14.8 Å². The molecule has 1 aliphatic rings. The molecule has 1 N–H and O–H groups in total. The SMILES string of the molecule is COc1ccc(-c2nnc(SCC(=O)Nc3ccc4c(c3)OCCO4)n2CCc2ccccc2)cc1. The lowest BCUT2D eigenvalue weighted by atomic mass is 10.1. The number of hydrogen-bond donors (Lipinski definition) is 1. The first-order valence-corrected chi connectivity index (χ1v) is 12.6. The van der Waals surface area contributed by atoms with Gasteiger partial charge in [0, 0.05) is 23.9 Å². The van der Waals surface area contributed by atoms with Crippen LogP contribution in [0.2, 0.25) is 0 Å². The number of thioether (sulfide) groups is 1. The van der Waals surface area contributed by atoms with Crippen LogP contribution in [0.1, 0.15) is 5.56 Å². The number of methoxy groups -OCH3 is 1. The Bertz CT molecular complexity index is 1330. The third-order valence-electron chi connectivity index (χ3n) is 5.69. The minimum absolute atomic E-state index is 0.139. The maximum atomic E-state index is 12.7. The van der Waals surface area contributed by atoms with E-state index in [9.17, 15) is 4.79 Å². The normalized spacial score (nSPS) is 12.2. The van der Waals surface area contributed by atoms with Crippen molar-refractivity contribution in [3.63, 3.8) is 0 Å². The van der Waals surface area contributed by atoms with Crippen LogP contribution in [-0.2, 0) is 17.8 Å². The maximum absolute atomic E-state index is 12.7. The number of rotatable bonds is 9. The van der Waals surface area contributed by atoms with Gasteiger partial charge in [-0.2, -0.15) is 0 Å². The van der Waals surface area contributed by atoms with Crippen LogP contribution in [0, 0.1) is 0 Å². The van der Waals surface area contributed by atoms with Crippen molar-refractivity contribution >= 4 is 23.4 Å². The van der Waals surface area contributed by atoms with Gasteiger partial charge in [0.05, 0.1) is 12.9 Å². The Morgan fingerprint density at radius 1 is 1.00 bits per heavy atom. The number of benzene rings is 3. The Labute approximate surface area is 213 Å². The second-order valence-corrected chi connectivity index (χ2v) is 9.06. The number of anilines is 1. The molecule has 4 aromatic rings. The van der Waals surface area contributed by atoms with Crippen LogP contribution in [0.4, 0.5) is 5.69 Å². The van der Waals surface area contributed by atoms with Crippen LogP contribution >= 0.6 is 11.8 Å². The summed E-state index contributed by atoms with van der Waals surface area (Å²) in [6.45, 7) is 1.71. The molecule has 184 valence electrons. The van der Waals surface area contributed by atoms with E-state index in [0.717, 1.165) is 23.6 Å². The molecule has 1 aromatic heterocycles. The lowest BCUT2D eigenvalue weighted by Crippen LogP contribution is -2.17. The van der Waals surface area contributed by atoms with Gasteiger partial charge in [-0.3, -0.25) is 4.79 Å². The molecule has 0 spiro atoms. The Hall–Kier alpha value is -3.98. The number of aryl methyl sites for hydroxylation is 1. The minimum Gasteiger partial charge on any atom is -0.497 e. The number of nitrogens with zero attached hydrogens (tertiary/aromatic N) is 3. The van der Waals surface area contributed by atoms with Crippen molar-refractivity contribution < 1.29 is 19.0 Å². The van der Waals surface area contributed by atoms with Crippen molar-refractivity contribution in [1.29, 1.82) is 0 Å². The second-order valence-electron chi connectivity index (χ2n) is 8.12. The average Bonchev–Trinajstić information content (AvgIpc) is 3.34. The fourth-order valence-corrected chi connectivity index (χ4v) is 4.65. The molecule has 0 saturated carbocycles. The largest absolute Gasteiger partial charge is 0.497 e. The number of aromatic nitrogens is 3. The lowest BCUT2D eigenvalue weighted by molar-refractivity contribution is -0.113. The fourth-order valence-electron chi connectivity index (χ4n) is 3.88. The molecule has 8 nitrogen and oxygen atoms in total. The van der Waals surface area contributed by atoms with Gasteiger partial charge < -0.3 is 24.1 Å². The predicted octanol–water partition coefficient (Wildman–Crippen LogP) is 4.70. The summed E-state index contributed by atoms with van der Waals surface area (Å²) in [4.78, 5) is 12.7. The quantitative estimate of drug-likeness (QED) is 0.332. The molecule has 36 heavy (non-hydrogen) atoms. The van der Waals surface area contributed by atoms with E-state index in [1.54, 1.807) is 25.3 Å². The molecule has 1 aliphatic heterocycles. The van der Waals surface area contributed by atoms with Gasteiger partial charge in [0.15, 0.2) is 22.5 Å². The van der Waals surface area contributed by atoms with Crippen molar-refractivity contribution in [2.24, 2.45) is 0 Å². The van der Waals surface area contributed by atoms with Gasteiger partial charge in [-0.25, -0.2) is 0 Å². The number of nitrogens with one attached hydrogen (secondary N) is 1. The molecule has 0 saturated heterocycles. The standard InChI is InChI=1S/C27H26N4O4S/c1-33-22-10-7-20(8-11-22)26-29-30-27(31(26)14-13-19-5-3-2-4-6-19)36-18-25(32)28-21-9-12-23-24(17-21)35-16-15-34-23/h2-12,17H,13-16,18H2,1H3,(H,28,32). The van der Waals surface area contributed by atoms with Gasteiger partial charge in [0.1, 0.15) is 19.0 Å². The monoisotopic (exact) mass is 502 g/mol. The molecule has 0 atom stereocenters. The van der Waals surface area contributed by atoms with E-state index in [2.05, 4.69) is 32.2 Å². The Kier molecular flexibility index (Phi) is 7.37. The highest BCUT2D eigenvalue weighted by molar-refractivity contribution is 7.99. The van der Waals surface area contributed by atoms with Crippen LogP contribution in [0.25, 0.3) is 11.4 Å². The summed E-state index contributed by atoms with van der Waals surface area (Å²) in [5, 5.41) is 12.5. The minimum atomic E-state index is -0.139. The Morgan fingerprint density at radius 2 is 1.78 bits per heavy atom. The summed E-state index contributed by atoms with van der Waals surface area (Å²) < 4.78 is 18.5. The van der Waals surface area contributed by atoms with Crippen LogP contribution in [-0.4, -0.2) is 46.7 Å². The zero-order valence-corrected chi connectivity index (χ0v) is 20.7. The van der Waals surface area contributed by atoms with E-state index in [4.69, 9.17) is 14.2 Å². The number of amides is 1. The van der Waals surface area contributed by atoms with Gasteiger partial charge in [-0.05, 0) is 48.4 Å². The van der Waals surface area contributed by atoms with Gasteiger partial charge in [0.2, 0.25) is 5.91 Å². The van der Waals surface area contributed by atoms with Crippen LogP contribution in [0.5, 0.6) is 17.2 Å². The van der Waals surface area contributed by atoms with Crippen molar-refractivity contribution in [3.8, 4) is 28.6 Å². The molecular formula is C27H26N4O4S. The van der Waals surface area contributed by atoms with E-state index in [1.807, 2.05) is 42.5 Å². The van der Waals surface area contributed by atoms with Crippen LogP contribution in [0.3, 0.4) is 0 Å². The zero-order valence-electron chi connectivity index (χ0n) is 19.8. The summed E-state index contributed by atoms with van der Waals surface area (Å²) in [7, 11) is 1.64. The number of fused-ring (bicyclic) bond motifs is 1. The first kappa shape index (κ1) is 23.7. The number of hydrogen-bond acceptors (Lipinski definition) is 7. The Balaban J connectivity index is 1.30. The molecule has 2 heterocycles. The van der Waals surface area contributed by atoms with Gasteiger partial charge >= 0.3 is 0 Å². The summed E-state index contributed by atoms with van der Waals surface area (Å²) in [6.07, 6.45) is 0.818. The molecule has 1 amide bonds. The first-order valence-electron chi connectivity index (χ1n) is 11.6. The predicted molar refractivity (Wildman–Crippen MR) is 139 cm³/mol. The molecule has 5 rings (SSSR count). The van der Waals surface area contributed by atoms with E-state index in [1.165, 1.54) is 17.3 Å². The lowest BCUT2D eigenvalue weighted by Gasteiger charge is -2.19.